The fourth-order valence-corrected chi connectivity index (χ4v) is 4.64. The lowest BCUT2D eigenvalue weighted by atomic mass is 9.75. The molecule has 2 rings (SSSR count). The zero-order valence-corrected chi connectivity index (χ0v) is 14.8. The van der Waals surface area contributed by atoms with Crippen molar-refractivity contribution in [1.82, 2.24) is 4.31 Å². The molecule has 1 aliphatic heterocycles. The van der Waals surface area contributed by atoms with Gasteiger partial charge in [0, 0.05) is 13.1 Å². The molecule has 0 amide bonds. The first kappa shape index (κ1) is 16.9. The van der Waals surface area contributed by atoms with E-state index in [4.69, 9.17) is 0 Å². The van der Waals surface area contributed by atoms with Crippen LogP contribution in [0, 0.1) is 11.2 Å². The van der Waals surface area contributed by atoms with Crippen LogP contribution in [-0.4, -0.2) is 25.8 Å². The maximum Gasteiger partial charge on any atom is 0.243 e. The molecule has 1 aromatic carbocycles. The molecule has 0 unspecified atom stereocenters. The summed E-state index contributed by atoms with van der Waals surface area (Å²) in [4.78, 5) is 0.0312. The van der Waals surface area contributed by atoms with Crippen LogP contribution in [0.15, 0.2) is 27.6 Å². The second kappa shape index (κ2) is 6.34. The predicted octanol–water partition coefficient (Wildman–Crippen LogP) is 4.18. The summed E-state index contributed by atoms with van der Waals surface area (Å²) in [5.74, 6) is -0.551. The van der Waals surface area contributed by atoms with Gasteiger partial charge in [-0.15, -0.1) is 0 Å². The van der Waals surface area contributed by atoms with E-state index in [9.17, 15) is 12.8 Å². The van der Waals surface area contributed by atoms with Crippen LogP contribution in [-0.2, 0) is 10.0 Å². The van der Waals surface area contributed by atoms with E-state index in [1.165, 1.54) is 16.4 Å². The van der Waals surface area contributed by atoms with Crippen LogP contribution in [0.1, 0.15) is 39.5 Å². The smallest absolute Gasteiger partial charge is 0.207 e. The van der Waals surface area contributed by atoms with Gasteiger partial charge in [0.2, 0.25) is 10.0 Å². The molecular weight excluding hydrogens is 357 g/mol. The standard InChI is InChI=1S/C15H21BrFNO2S/c1-3-15(4-2)7-9-18(10-8-15)21(19,20)12-5-6-13(16)14(17)11-12/h5-6,11H,3-4,7-10H2,1-2H3. The molecule has 0 aromatic heterocycles. The van der Waals surface area contributed by atoms with Crippen LogP contribution in [0.25, 0.3) is 0 Å². The second-order valence-electron chi connectivity index (χ2n) is 5.69. The zero-order valence-electron chi connectivity index (χ0n) is 12.4. The Balaban J connectivity index is 2.20. The largest absolute Gasteiger partial charge is 0.243 e. The number of hydrogen-bond donors (Lipinski definition) is 0. The van der Waals surface area contributed by atoms with E-state index in [0.717, 1.165) is 31.7 Å². The Morgan fingerprint density at radius 2 is 1.81 bits per heavy atom. The first-order valence-electron chi connectivity index (χ1n) is 7.30. The van der Waals surface area contributed by atoms with Gasteiger partial charge in [0.25, 0.3) is 0 Å². The minimum Gasteiger partial charge on any atom is -0.207 e. The van der Waals surface area contributed by atoms with Gasteiger partial charge in [-0.2, -0.15) is 4.31 Å². The topological polar surface area (TPSA) is 37.4 Å². The van der Waals surface area contributed by atoms with Crippen LogP contribution in [0.3, 0.4) is 0 Å². The molecular formula is C15H21BrFNO2S. The number of piperidine rings is 1. The third-order valence-corrected chi connectivity index (χ3v) is 7.35. The molecule has 1 aliphatic rings. The van der Waals surface area contributed by atoms with Crippen LogP contribution in [0.5, 0.6) is 0 Å². The molecule has 0 saturated carbocycles. The maximum absolute atomic E-state index is 13.6. The average Bonchev–Trinajstić information content (AvgIpc) is 2.50. The zero-order chi connectivity index (χ0) is 15.7. The fraction of sp³-hybridized carbons (Fsp3) is 0.600. The van der Waals surface area contributed by atoms with Crippen molar-refractivity contribution in [3.05, 3.63) is 28.5 Å². The minimum atomic E-state index is -3.60. The average molecular weight is 378 g/mol. The summed E-state index contributed by atoms with van der Waals surface area (Å²) in [5.41, 5.74) is 0.261. The van der Waals surface area contributed by atoms with Gasteiger partial charge < -0.3 is 0 Å². The molecule has 0 radical (unpaired) electrons. The molecule has 6 heteroatoms. The second-order valence-corrected chi connectivity index (χ2v) is 8.48. The Labute approximate surface area is 134 Å². The summed E-state index contributed by atoms with van der Waals surface area (Å²) in [6.45, 7) is 5.36. The van der Waals surface area contributed by atoms with Gasteiger partial charge in [-0.3, -0.25) is 0 Å². The lowest BCUT2D eigenvalue weighted by molar-refractivity contribution is 0.141. The molecule has 3 nitrogen and oxygen atoms in total. The molecule has 1 fully saturated rings. The molecule has 1 saturated heterocycles. The first-order valence-corrected chi connectivity index (χ1v) is 9.53. The number of sulfonamides is 1. The Morgan fingerprint density at radius 3 is 2.29 bits per heavy atom. The third kappa shape index (κ3) is 3.32. The lowest BCUT2D eigenvalue weighted by Gasteiger charge is -2.40. The van der Waals surface area contributed by atoms with E-state index in [1.54, 1.807) is 0 Å². The normalized spacial score (nSPS) is 19.6. The SMILES string of the molecule is CCC1(CC)CCN(S(=O)(=O)c2ccc(Br)c(F)c2)CC1. The Morgan fingerprint density at radius 1 is 1.24 bits per heavy atom. The Hall–Kier alpha value is -0.460. The van der Waals surface area contributed by atoms with Gasteiger partial charge in [0.1, 0.15) is 5.82 Å². The van der Waals surface area contributed by atoms with Gasteiger partial charge in [-0.05, 0) is 52.4 Å². The van der Waals surface area contributed by atoms with Crippen LogP contribution in [0.2, 0.25) is 0 Å². The first-order chi connectivity index (χ1) is 9.84. The highest BCUT2D eigenvalue weighted by Gasteiger charge is 2.36. The number of hydrogen-bond acceptors (Lipinski definition) is 2. The van der Waals surface area contributed by atoms with Gasteiger partial charge in [0.05, 0.1) is 9.37 Å². The van der Waals surface area contributed by atoms with E-state index in [1.807, 2.05) is 0 Å². The number of rotatable bonds is 4. The van der Waals surface area contributed by atoms with Crippen molar-refractivity contribution < 1.29 is 12.8 Å². The Bertz CT molecular complexity index is 604. The van der Waals surface area contributed by atoms with Crippen molar-refractivity contribution in [2.45, 2.75) is 44.4 Å². The van der Waals surface area contributed by atoms with Gasteiger partial charge in [-0.1, -0.05) is 26.7 Å². The molecule has 0 aliphatic carbocycles. The van der Waals surface area contributed by atoms with E-state index in [2.05, 4.69) is 29.8 Å². The molecule has 0 atom stereocenters. The summed E-state index contributed by atoms with van der Waals surface area (Å²) in [7, 11) is -3.60. The molecule has 1 aromatic rings. The highest BCUT2D eigenvalue weighted by Crippen LogP contribution is 2.39. The molecule has 118 valence electrons. The molecule has 0 N–H and O–H groups in total. The van der Waals surface area contributed by atoms with Crippen LogP contribution < -0.4 is 0 Å². The molecule has 21 heavy (non-hydrogen) atoms. The summed E-state index contributed by atoms with van der Waals surface area (Å²) >= 11 is 3.04. The fourth-order valence-electron chi connectivity index (χ4n) is 2.94. The maximum atomic E-state index is 13.6. The Kier molecular flexibility index (Phi) is 5.11. The summed E-state index contributed by atoms with van der Waals surface area (Å²) < 4.78 is 40.5. The van der Waals surface area contributed by atoms with Crippen molar-refractivity contribution in [2.75, 3.05) is 13.1 Å². The predicted molar refractivity (Wildman–Crippen MR) is 85.1 cm³/mol. The lowest BCUT2D eigenvalue weighted by Crippen LogP contribution is -2.42. The number of nitrogens with zero attached hydrogens (tertiary/aromatic N) is 1. The van der Waals surface area contributed by atoms with Crippen molar-refractivity contribution in [3.63, 3.8) is 0 Å². The monoisotopic (exact) mass is 377 g/mol. The van der Waals surface area contributed by atoms with Gasteiger partial charge in [-0.25, -0.2) is 12.8 Å². The summed E-state index contributed by atoms with van der Waals surface area (Å²) in [5, 5.41) is 0. The van der Waals surface area contributed by atoms with Crippen LogP contribution in [0.4, 0.5) is 4.39 Å². The van der Waals surface area contributed by atoms with Crippen molar-refractivity contribution >= 4 is 26.0 Å². The molecule has 0 bridgehead atoms. The van der Waals surface area contributed by atoms with Gasteiger partial charge >= 0.3 is 0 Å². The highest BCUT2D eigenvalue weighted by molar-refractivity contribution is 9.10. The van der Waals surface area contributed by atoms with E-state index < -0.39 is 15.8 Å². The van der Waals surface area contributed by atoms with Crippen molar-refractivity contribution in [1.29, 1.82) is 0 Å². The van der Waals surface area contributed by atoms with Gasteiger partial charge in [0.15, 0.2) is 0 Å². The quantitative estimate of drug-likeness (QED) is 0.788. The van der Waals surface area contributed by atoms with E-state index in [0.29, 0.717) is 13.1 Å². The molecule has 1 heterocycles. The third-order valence-electron chi connectivity index (χ3n) is 4.81. The minimum absolute atomic E-state index is 0.0312. The highest BCUT2D eigenvalue weighted by atomic mass is 79.9. The number of halogens is 2. The van der Waals surface area contributed by atoms with E-state index >= 15 is 0 Å². The van der Waals surface area contributed by atoms with Crippen molar-refractivity contribution in [2.24, 2.45) is 5.41 Å². The van der Waals surface area contributed by atoms with E-state index in [-0.39, 0.29) is 14.8 Å². The van der Waals surface area contributed by atoms with Crippen molar-refractivity contribution in [3.8, 4) is 0 Å². The van der Waals surface area contributed by atoms with Crippen LogP contribution >= 0.6 is 15.9 Å². The molecule has 0 spiro atoms. The summed E-state index contributed by atoms with van der Waals surface area (Å²) in [6, 6.07) is 3.97. The summed E-state index contributed by atoms with van der Waals surface area (Å²) in [6.07, 6.45) is 3.89. The number of benzene rings is 1.